The van der Waals surface area contributed by atoms with Crippen LogP contribution < -0.4 is 4.74 Å². The molecule has 0 spiro atoms. The maximum absolute atomic E-state index is 11.9. The molecule has 34 heavy (non-hydrogen) atoms. The SMILES string of the molecule is CC(=O)c1ccc(OCc2ccc(C(O)c3cccc(C(=O)O)c3)cc2)c(-c2ccsc2)c1O. The number of hydrogen-bond donors (Lipinski definition) is 3. The third-order valence-electron chi connectivity index (χ3n) is 5.47. The molecule has 172 valence electrons. The first-order valence-corrected chi connectivity index (χ1v) is 11.4. The topological polar surface area (TPSA) is 104 Å². The van der Waals surface area contributed by atoms with Gasteiger partial charge in [-0.25, -0.2) is 4.79 Å². The Bertz CT molecular complexity index is 1330. The number of aliphatic hydroxyl groups is 1. The lowest BCUT2D eigenvalue weighted by Crippen LogP contribution is -2.04. The summed E-state index contributed by atoms with van der Waals surface area (Å²) in [6, 6.07) is 18.4. The molecule has 0 bridgehead atoms. The smallest absolute Gasteiger partial charge is 0.335 e. The number of carbonyl (C=O) groups is 2. The molecule has 0 amide bonds. The number of hydrogen-bond acceptors (Lipinski definition) is 6. The van der Waals surface area contributed by atoms with Gasteiger partial charge in [-0.15, -0.1) is 0 Å². The van der Waals surface area contributed by atoms with Crippen molar-refractivity contribution in [3.05, 3.63) is 105 Å². The second kappa shape index (κ2) is 9.91. The third kappa shape index (κ3) is 4.85. The predicted octanol–water partition coefficient (Wildman–Crippen LogP) is 5.68. The molecule has 0 aliphatic heterocycles. The first kappa shape index (κ1) is 23.2. The summed E-state index contributed by atoms with van der Waals surface area (Å²) in [6.07, 6.45) is -0.962. The van der Waals surface area contributed by atoms with Crippen molar-refractivity contribution < 1.29 is 29.6 Å². The van der Waals surface area contributed by atoms with Gasteiger partial charge in [0.25, 0.3) is 0 Å². The fourth-order valence-corrected chi connectivity index (χ4v) is 4.30. The molecule has 0 aliphatic carbocycles. The quantitative estimate of drug-likeness (QED) is 0.284. The second-order valence-corrected chi connectivity index (χ2v) is 8.55. The Morgan fingerprint density at radius 3 is 2.41 bits per heavy atom. The Morgan fingerprint density at radius 1 is 1.00 bits per heavy atom. The summed E-state index contributed by atoms with van der Waals surface area (Å²) in [5, 5.41) is 34.3. The van der Waals surface area contributed by atoms with Crippen molar-refractivity contribution in [2.75, 3.05) is 0 Å². The van der Waals surface area contributed by atoms with Crippen LogP contribution in [0.3, 0.4) is 0 Å². The van der Waals surface area contributed by atoms with Crippen LogP contribution in [-0.4, -0.2) is 27.1 Å². The van der Waals surface area contributed by atoms with Crippen molar-refractivity contribution in [1.29, 1.82) is 0 Å². The van der Waals surface area contributed by atoms with Gasteiger partial charge in [0, 0.05) is 0 Å². The molecule has 4 aromatic rings. The van der Waals surface area contributed by atoms with Crippen LogP contribution in [0.4, 0.5) is 0 Å². The van der Waals surface area contributed by atoms with E-state index in [1.54, 1.807) is 36.4 Å². The van der Waals surface area contributed by atoms with Crippen molar-refractivity contribution in [3.8, 4) is 22.6 Å². The van der Waals surface area contributed by atoms with Crippen LogP contribution in [0.5, 0.6) is 11.5 Å². The van der Waals surface area contributed by atoms with Crippen LogP contribution in [-0.2, 0) is 6.61 Å². The molecule has 0 saturated carbocycles. The summed E-state index contributed by atoms with van der Waals surface area (Å²) < 4.78 is 6.00. The van der Waals surface area contributed by atoms with E-state index in [4.69, 9.17) is 9.84 Å². The van der Waals surface area contributed by atoms with Gasteiger partial charge in [-0.3, -0.25) is 4.79 Å². The highest BCUT2D eigenvalue weighted by Gasteiger charge is 2.19. The summed E-state index contributed by atoms with van der Waals surface area (Å²) in [7, 11) is 0. The zero-order valence-electron chi connectivity index (χ0n) is 18.3. The van der Waals surface area contributed by atoms with Crippen LogP contribution in [0.25, 0.3) is 11.1 Å². The van der Waals surface area contributed by atoms with Gasteiger partial charge in [-0.05, 0) is 70.3 Å². The fourth-order valence-electron chi connectivity index (χ4n) is 3.65. The van der Waals surface area contributed by atoms with Gasteiger partial charge < -0.3 is 20.1 Å². The highest BCUT2D eigenvalue weighted by Crippen LogP contribution is 2.41. The first-order valence-electron chi connectivity index (χ1n) is 10.5. The number of rotatable bonds is 8. The minimum atomic E-state index is -1.05. The average molecular weight is 475 g/mol. The van der Waals surface area contributed by atoms with E-state index >= 15 is 0 Å². The highest BCUT2D eigenvalue weighted by atomic mass is 32.1. The summed E-state index contributed by atoms with van der Waals surface area (Å²) in [6.45, 7) is 1.61. The normalized spacial score (nSPS) is 11.7. The summed E-state index contributed by atoms with van der Waals surface area (Å²) in [4.78, 5) is 23.1. The second-order valence-electron chi connectivity index (χ2n) is 7.77. The van der Waals surface area contributed by atoms with Crippen molar-refractivity contribution in [1.82, 2.24) is 0 Å². The molecular weight excluding hydrogens is 452 g/mol. The monoisotopic (exact) mass is 474 g/mol. The lowest BCUT2D eigenvalue weighted by atomic mass is 9.99. The van der Waals surface area contributed by atoms with Gasteiger partial charge >= 0.3 is 5.97 Å². The molecule has 6 nitrogen and oxygen atoms in total. The van der Waals surface area contributed by atoms with Gasteiger partial charge in [0.2, 0.25) is 0 Å². The predicted molar refractivity (Wildman–Crippen MR) is 130 cm³/mol. The number of carboxylic acid groups (broad SMARTS) is 1. The molecule has 0 radical (unpaired) electrons. The molecule has 7 heteroatoms. The maximum atomic E-state index is 11.9. The third-order valence-corrected chi connectivity index (χ3v) is 6.15. The maximum Gasteiger partial charge on any atom is 0.335 e. The van der Waals surface area contributed by atoms with Gasteiger partial charge in [-0.2, -0.15) is 11.3 Å². The number of aromatic hydroxyl groups is 1. The van der Waals surface area contributed by atoms with Crippen molar-refractivity contribution >= 4 is 23.1 Å². The molecule has 1 aromatic heterocycles. The molecule has 3 aromatic carbocycles. The fraction of sp³-hybridized carbons (Fsp3) is 0.111. The number of Topliss-reactive ketones (excluding diaryl/α,β-unsaturated/α-hetero) is 1. The first-order chi connectivity index (χ1) is 16.3. The van der Waals surface area contributed by atoms with Crippen LogP contribution in [0.1, 0.15) is 50.4 Å². The Labute approximate surface area is 200 Å². The lowest BCUT2D eigenvalue weighted by Gasteiger charge is -2.15. The van der Waals surface area contributed by atoms with Gasteiger partial charge in [-0.1, -0.05) is 36.4 Å². The van der Waals surface area contributed by atoms with E-state index in [-0.39, 0.29) is 29.3 Å². The number of aromatic carboxylic acids is 1. The lowest BCUT2D eigenvalue weighted by molar-refractivity contribution is 0.0696. The van der Waals surface area contributed by atoms with E-state index in [9.17, 15) is 19.8 Å². The summed E-state index contributed by atoms with van der Waals surface area (Å²) in [5.41, 5.74) is 3.53. The van der Waals surface area contributed by atoms with Gasteiger partial charge in [0.15, 0.2) is 5.78 Å². The van der Waals surface area contributed by atoms with Gasteiger partial charge in [0.1, 0.15) is 24.2 Å². The minimum absolute atomic E-state index is 0.106. The Kier molecular flexibility index (Phi) is 6.77. The molecule has 0 saturated heterocycles. The molecule has 1 unspecified atom stereocenters. The number of phenols is 1. The number of aliphatic hydroxyl groups excluding tert-OH is 1. The van der Waals surface area contributed by atoms with Crippen molar-refractivity contribution in [2.24, 2.45) is 0 Å². The standard InChI is InChI=1S/C27H22O6S/c1-16(28)22-9-10-23(24(26(22)30)21-11-12-34-15-21)33-14-17-5-7-18(8-6-17)25(29)19-3-2-4-20(13-19)27(31)32/h2-13,15,25,29-30H,14H2,1H3,(H,31,32). The minimum Gasteiger partial charge on any atom is -0.506 e. The number of carboxylic acids is 1. The summed E-state index contributed by atoms with van der Waals surface area (Å²) >= 11 is 1.48. The highest BCUT2D eigenvalue weighted by molar-refractivity contribution is 7.08. The largest absolute Gasteiger partial charge is 0.506 e. The van der Waals surface area contributed by atoms with E-state index < -0.39 is 12.1 Å². The number of phenolic OH excluding ortho intramolecular Hbond substituents is 1. The van der Waals surface area contributed by atoms with E-state index in [1.165, 1.54) is 30.4 Å². The Morgan fingerprint density at radius 2 is 1.76 bits per heavy atom. The number of benzene rings is 3. The van der Waals surface area contributed by atoms with Crippen LogP contribution in [0.15, 0.2) is 77.5 Å². The number of carbonyl (C=O) groups excluding carboxylic acids is 1. The molecule has 0 fully saturated rings. The van der Waals surface area contributed by atoms with Crippen molar-refractivity contribution in [2.45, 2.75) is 19.6 Å². The zero-order valence-corrected chi connectivity index (χ0v) is 19.1. The van der Waals surface area contributed by atoms with Crippen molar-refractivity contribution in [3.63, 3.8) is 0 Å². The zero-order chi connectivity index (χ0) is 24.2. The molecule has 0 aliphatic rings. The van der Waals surface area contributed by atoms with E-state index in [0.29, 0.717) is 22.4 Å². The number of thiophene rings is 1. The average Bonchev–Trinajstić information content (AvgIpc) is 3.37. The number of ketones is 1. The van der Waals surface area contributed by atoms with Gasteiger partial charge in [0.05, 0.1) is 16.7 Å². The molecule has 3 N–H and O–H groups in total. The molecular formula is C27H22O6S. The molecule has 1 atom stereocenters. The Hall–Kier alpha value is -3.94. The van der Waals surface area contributed by atoms with E-state index in [1.807, 2.05) is 29.0 Å². The van der Waals surface area contributed by atoms with Crippen LogP contribution in [0, 0.1) is 0 Å². The van der Waals surface area contributed by atoms with Crippen LogP contribution in [0.2, 0.25) is 0 Å². The van der Waals surface area contributed by atoms with E-state index in [0.717, 1.165) is 11.1 Å². The molecule has 1 heterocycles. The molecule has 4 rings (SSSR count). The Balaban J connectivity index is 1.53. The van der Waals surface area contributed by atoms with E-state index in [2.05, 4.69) is 0 Å². The van der Waals surface area contributed by atoms with Crippen LogP contribution >= 0.6 is 11.3 Å². The summed E-state index contributed by atoms with van der Waals surface area (Å²) in [5.74, 6) is -0.935. The number of ether oxygens (including phenoxy) is 1.